The van der Waals surface area contributed by atoms with Crippen molar-refractivity contribution in [1.82, 2.24) is 9.97 Å². The second kappa shape index (κ2) is 7.09. The predicted octanol–water partition coefficient (Wildman–Crippen LogP) is 2.64. The molecule has 0 bridgehead atoms. The molecule has 0 unspecified atom stereocenters. The second-order valence-corrected chi connectivity index (χ2v) is 11.3. The molecule has 0 saturated carbocycles. The summed E-state index contributed by atoms with van der Waals surface area (Å²) in [5, 5.41) is 1.90. The molecular formula is C17H20N2O4S3. The normalized spacial score (nSPS) is 24.5. The van der Waals surface area contributed by atoms with Crippen molar-refractivity contribution in [2.75, 3.05) is 17.3 Å². The molecule has 140 valence electrons. The summed E-state index contributed by atoms with van der Waals surface area (Å²) >= 11 is 3.08. The Kier molecular flexibility index (Phi) is 4.96. The van der Waals surface area contributed by atoms with E-state index in [0.29, 0.717) is 12.3 Å². The number of aromatic nitrogens is 2. The third-order valence-corrected chi connectivity index (χ3v) is 8.74. The van der Waals surface area contributed by atoms with Crippen LogP contribution >= 0.6 is 23.1 Å². The van der Waals surface area contributed by atoms with E-state index in [0.717, 1.165) is 34.5 Å². The fourth-order valence-corrected chi connectivity index (χ4v) is 7.37. The highest BCUT2D eigenvalue weighted by Gasteiger charge is 2.31. The lowest BCUT2D eigenvalue weighted by Crippen LogP contribution is -2.20. The molecule has 1 fully saturated rings. The highest BCUT2D eigenvalue weighted by Crippen LogP contribution is 2.40. The molecule has 2 aromatic heterocycles. The molecule has 26 heavy (non-hydrogen) atoms. The lowest BCUT2D eigenvalue weighted by Gasteiger charge is -2.18. The number of nitrogens with zero attached hydrogens (tertiary/aromatic N) is 2. The molecular weight excluding hydrogens is 392 g/mol. The average Bonchev–Trinajstić information content (AvgIpc) is 3.11. The van der Waals surface area contributed by atoms with Crippen molar-refractivity contribution in [3.05, 3.63) is 16.8 Å². The van der Waals surface area contributed by atoms with Crippen molar-refractivity contribution in [2.24, 2.45) is 5.92 Å². The zero-order chi connectivity index (χ0) is 18.3. The molecule has 0 spiro atoms. The van der Waals surface area contributed by atoms with Crippen molar-refractivity contribution in [3.8, 4) is 0 Å². The molecule has 2 atom stereocenters. The molecule has 6 nitrogen and oxygen atoms in total. The fourth-order valence-electron chi connectivity index (χ4n) is 3.56. The maximum atomic E-state index is 12.1. The van der Waals surface area contributed by atoms with Gasteiger partial charge in [-0.15, -0.1) is 11.3 Å². The monoisotopic (exact) mass is 412 g/mol. The Bertz CT molecular complexity index is 954. The van der Waals surface area contributed by atoms with Crippen LogP contribution in [0.5, 0.6) is 0 Å². The van der Waals surface area contributed by atoms with Gasteiger partial charge in [0.2, 0.25) is 0 Å². The van der Waals surface area contributed by atoms with Gasteiger partial charge in [-0.2, -0.15) is 0 Å². The summed E-state index contributed by atoms with van der Waals surface area (Å²) < 4.78 is 28.2. The number of sulfone groups is 1. The third-order valence-electron chi connectivity index (χ3n) is 4.87. The molecule has 0 amide bonds. The van der Waals surface area contributed by atoms with Crippen molar-refractivity contribution in [3.63, 3.8) is 0 Å². The highest BCUT2D eigenvalue weighted by molar-refractivity contribution is 8.00. The molecule has 1 aliphatic heterocycles. The number of carbonyl (C=O) groups is 1. The van der Waals surface area contributed by atoms with Crippen molar-refractivity contribution < 1.29 is 17.9 Å². The molecule has 0 aromatic carbocycles. The lowest BCUT2D eigenvalue weighted by atomic mass is 9.89. The van der Waals surface area contributed by atoms with Gasteiger partial charge in [-0.05, 0) is 37.2 Å². The predicted molar refractivity (Wildman–Crippen MR) is 102 cm³/mol. The Balaban J connectivity index is 1.47. The van der Waals surface area contributed by atoms with Gasteiger partial charge in [-0.1, -0.05) is 18.7 Å². The number of hydrogen-bond donors (Lipinski definition) is 0. The first kappa shape index (κ1) is 18.2. The van der Waals surface area contributed by atoms with Crippen LogP contribution < -0.4 is 0 Å². The van der Waals surface area contributed by atoms with Gasteiger partial charge in [0, 0.05) is 10.3 Å². The summed E-state index contributed by atoms with van der Waals surface area (Å²) in [5.74, 6) is 0.476. The van der Waals surface area contributed by atoms with Gasteiger partial charge in [0.05, 0.1) is 17.3 Å². The van der Waals surface area contributed by atoms with E-state index in [2.05, 4.69) is 16.9 Å². The number of ether oxygens (including phenoxy) is 1. The molecule has 3 heterocycles. The largest absolute Gasteiger partial charge is 0.461 e. The van der Waals surface area contributed by atoms with Crippen molar-refractivity contribution in [2.45, 2.75) is 43.7 Å². The maximum Gasteiger partial charge on any atom is 0.316 e. The zero-order valence-electron chi connectivity index (χ0n) is 14.4. The van der Waals surface area contributed by atoms with E-state index in [1.165, 1.54) is 22.2 Å². The SMILES string of the molecule is C[C@@H]1CCc2c(sc3ncnc(SCC(=O)O[C@@H]4CCS(=O)(=O)C4)c23)C1. The van der Waals surface area contributed by atoms with Crippen molar-refractivity contribution >= 4 is 49.1 Å². The number of thioether (sulfide) groups is 1. The van der Waals surface area contributed by atoms with Gasteiger partial charge in [0.15, 0.2) is 9.84 Å². The van der Waals surface area contributed by atoms with Crippen LogP contribution in [0, 0.1) is 5.92 Å². The summed E-state index contributed by atoms with van der Waals surface area (Å²) in [5.41, 5.74) is 1.33. The number of aryl methyl sites for hydroxylation is 1. The molecule has 4 rings (SSSR count). The highest BCUT2D eigenvalue weighted by atomic mass is 32.2. The first-order valence-electron chi connectivity index (χ1n) is 8.69. The van der Waals surface area contributed by atoms with Crippen LogP contribution in [-0.2, 0) is 32.2 Å². The van der Waals surface area contributed by atoms with Crippen LogP contribution in [0.4, 0.5) is 0 Å². The first-order valence-corrected chi connectivity index (χ1v) is 12.3. The minimum absolute atomic E-state index is 0.0582. The van der Waals surface area contributed by atoms with Crippen LogP contribution in [-0.4, -0.2) is 47.7 Å². The van der Waals surface area contributed by atoms with E-state index in [1.807, 2.05) is 0 Å². The van der Waals surface area contributed by atoms with Gasteiger partial charge in [0.1, 0.15) is 22.3 Å². The average molecular weight is 413 g/mol. The third kappa shape index (κ3) is 3.75. The molecule has 1 aliphatic carbocycles. The van der Waals surface area contributed by atoms with Crippen LogP contribution in [0.1, 0.15) is 30.2 Å². The molecule has 2 aromatic rings. The van der Waals surface area contributed by atoms with Crippen molar-refractivity contribution in [1.29, 1.82) is 0 Å². The number of fused-ring (bicyclic) bond motifs is 3. The smallest absolute Gasteiger partial charge is 0.316 e. The number of hydrogen-bond acceptors (Lipinski definition) is 8. The minimum atomic E-state index is -3.05. The summed E-state index contributed by atoms with van der Waals surface area (Å²) in [6.07, 6.45) is 4.71. The molecule has 2 aliphatic rings. The topological polar surface area (TPSA) is 86.2 Å². The fraction of sp³-hybridized carbons (Fsp3) is 0.588. The van der Waals surface area contributed by atoms with Crippen LogP contribution in [0.2, 0.25) is 0 Å². The quantitative estimate of drug-likeness (QED) is 0.433. The Morgan fingerprint density at radius 2 is 2.23 bits per heavy atom. The second-order valence-electron chi connectivity index (χ2n) is 7.01. The molecule has 0 radical (unpaired) electrons. The summed E-state index contributed by atoms with van der Waals surface area (Å²) in [4.78, 5) is 23.3. The minimum Gasteiger partial charge on any atom is -0.461 e. The lowest BCUT2D eigenvalue weighted by molar-refractivity contribution is -0.144. The Morgan fingerprint density at radius 1 is 1.38 bits per heavy atom. The molecule has 1 saturated heterocycles. The zero-order valence-corrected chi connectivity index (χ0v) is 16.9. The van der Waals surface area contributed by atoms with Crippen LogP contribution in [0.3, 0.4) is 0 Å². The van der Waals surface area contributed by atoms with E-state index in [-0.39, 0.29) is 23.2 Å². The van der Waals surface area contributed by atoms with Gasteiger partial charge >= 0.3 is 5.97 Å². The number of rotatable bonds is 4. The van der Waals surface area contributed by atoms with Gasteiger partial charge in [-0.25, -0.2) is 18.4 Å². The summed E-state index contributed by atoms with van der Waals surface area (Å²) in [6, 6.07) is 0. The van der Waals surface area contributed by atoms with Crippen LogP contribution in [0.25, 0.3) is 10.2 Å². The van der Waals surface area contributed by atoms with Crippen LogP contribution in [0.15, 0.2) is 11.4 Å². The standard InChI is InChI=1S/C17H20N2O4S3/c1-10-2-3-12-13(6-10)25-17-15(12)16(18-9-19-17)24-7-14(20)23-11-4-5-26(21,22)8-11/h9-11H,2-8H2,1H3/t10-,11-/m1/s1. The maximum absolute atomic E-state index is 12.1. The first-order chi connectivity index (χ1) is 12.4. The van der Waals surface area contributed by atoms with Gasteiger partial charge in [-0.3, -0.25) is 4.79 Å². The summed E-state index contributed by atoms with van der Waals surface area (Å²) in [6.45, 7) is 2.27. The Hall–Kier alpha value is -1.19. The van der Waals surface area contributed by atoms with E-state index in [1.54, 1.807) is 17.7 Å². The number of esters is 1. The van der Waals surface area contributed by atoms with Gasteiger partial charge in [0.25, 0.3) is 0 Å². The number of thiophene rings is 1. The van der Waals surface area contributed by atoms with E-state index < -0.39 is 15.9 Å². The molecule has 0 N–H and O–H groups in total. The number of carbonyl (C=O) groups excluding carboxylic acids is 1. The van der Waals surface area contributed by atoms with E-state index in [9.17, 15) is 13.2 Å². The van der Waals surface area contributed by atoms with Gasteiger partial charge < -0.3 is 4.74 Å². The summed E-state index contributed by atoms with van der Waals surface area (Å²) in [7, 11) is -3.05. The van der Waals surface area contributed by atoms with E-state index >= 15 is 0 Å². The Labute approximate surface area is 160 Å². The Morgan fingerprint density at radius 3 is 3.00 bits per heavy atom. The van der Waals surface area contributed by atoms with E-state index in [4.69, 9.17) is 4.74 Å². The molecule has 9 heteroatoms.